The molecule has 4 aromatic rings. The van der Waals surface area contributed by atoms with Crippen molar-refractivity contribution in [1.29, 1.82) is 0 Å². The van der Waals surface area contributed by atoms with Crippen LogP contribution in [-0.2, 0) is 9.53 Å². The summed E-state index contributed by atoms with van der Waals surface area (Å²) in [5.41, 5.74) is 3.44. The Balaban J connectivity index is 1.32. The Kier molecular flexibility index (Phi) is 11.5. The van der Waals surface area contributed by atoms with E-state index in [0.717, 1.165) is 19.4 Å². The highest BCUT2D eigenvalue weighted by atomic mass is 28.3. The van der Waals surface area contributed by atoms with E-state index in [2.05, 4.69) is 68.5 Å². The molecular formula is C46H55F3N6O5Si. The van der Waals surface area contributed by atoms with Crippen molar-refractivity contribution in [2.75, 3.05) is 51.6 Å². The smallest absolute Gasteiger partial charge is 0.322 e. The lowest BCUT2D eigenvalue weighted by atomic mass is 9.89. The summed E-state index contributed by atoms with van der Waals surface area (Å²) in [6.45, 7) is 14.9. The normalized spacial score (nSPS) is 23.0. The van der Waals surface area contributed by atoms with Gasteiger partial charge in [-0.2, -0.15) is 9.97 Å². The summed E-state index contributed by atoms with van der Waals surface area (Å²) in [5.74, 6) is 2.38. The third-order valence-electron chi connectivity index (χ3n) is 13.7. The van der Waals surface area contributed by atoms with Crippen molar-refractivity contribution in [2.24, 2.45) is 0 Å². The molecule has 8 rings (SSSR count). The Hall–Kier alpha value is -4.91. The van der Waals surface area contributed by atoms with Gasteiger partial charge in [-0.05, 0) is 84.1 Å². The number of amides is 3. The molecule has 4 aliphatic heterocycles. The number of hydrogen-bond acceptors (Lipinski definition) is 9. The highest BCUT2D eigenvalue weighted by Crippen LogP contribution is 2.44. The van der Waals surface area contributed by atoms with Crippen molar-refractivity contribution in [3.05, 3.63) is 53.6 Å². The second-order valence-corrected chi connectivity index (χ2v) is 23.8. The SMILES string of the molecule is COCOc1cc(-c2ccc3c(N4CCCC5(C4)NC(=O)NC5=O)nc(OC[C@@]45CCCN4C[C@H](F)C5)nc3c2F)c2c(C#C[Si](C(C)C)(C(C)C)C(C)C)c(F)ccc2c1. The number of urea groups is 1. The highest BCUT2D eigenvalue weighted by molar-refractivity contribution is 6.90. The second kappa shape index (κ2) is 16.4. The molecule has 1 unspecified atom stereocenters. The van der Waals surface area contributed by atoms with Gasteiger partial charge in [0.25, 0.3) is 5.91 Å². The summed E-state index contributed by atoms with van der Waals surface area (Å²) in [6.07, 6.45) is 1.95. The van der Waals surface area contributed by atoms with Crippen LogP contribution in [0, 0.1) is 23.1 Å². The standard InChI is InChI=1S/C46H55F3N6O5Si/c1-27(2)61(28(3)4,29(5)6)19-14-34-37(48)13-10-30-20-32(60-26-58-7)21-36(38(30)34)33-11-12-35-40(39(33)49)50-44(59-25-45-15-8-18-55(45)23-31(47)22-45)51-41(35)54-17-9-16-46(24-54)42(56)52-43(57)53-46/h10-13,20-21,27-29,31H,8-9,15-18,22-26H2,1-7H3,(H2,52,53,56,57)/t31-,45+,46?/m1/s1. The first kappa shape index (κ1) is 42.8. The van der Waals surface area contributed by atoms with Gasteiger partial charge in [-0.25, -0.2) is 18.0 Å². The molecule has 4 aliphatic rings. The number of anilines is 1. The van der Waals surface area contributed by atoms with Crippen molar-refractivity contribution in [1.82, 2.24) is 25.5 Å². The molecule has 11 nitrogen and oxygen atoms in total. The largest absolute Gasteiger partial charge is 0.468 e. The number of alkyl halides is 1. The first-order valence-corrected chi connectivity index (χ1v) is 23.7. The van der Waals surface area contributed by atoms with Crippen molar-refractivity contribution in [3.63, 3.8) is 0 Å². The summed E-state index contributed by atoms with van der Waals surface area (Å²) < 4.78 is 66.4. The Morgan fingerprint density at radius 1 is 0.951 bits per heavy atom. The van der Waals surface area contributed by atoms with Gasteiger partial charge in [0.05, 0.1) is 17.6 Å². The maximum Gasteiger partial charge on any atom is 0.322 e. The summed E-state index contributed by atoms with van der Waals surface area (Å²) in [4.78, 5) is 39.0. The molecule has 15 heteroatoms. The molecule has 61 heavy (non-hydrogen) atoms. The molecule has 0 bridgehead atoms. The lowest BCUT2D eigenvalue weighted by Gasteiger charge is -2.39. The topological polar surface area (TPSA) is 118 Å². The van der Waals surface area contributed by atoms with Crippen LogP contribution in [0.3, 0.4) is 0 Å². The average molecular weight is 857 g/mol. The van der Waals surface area contributed by atoms with E-state index in [1.54, 1.807) is 30.3 Å². The highest BCUT2D eigenvalue weighted by Gasteiger charge is 2.51. The minimum atomic E-state index is -2.32. The van der Waals surface area contributed by atoms with Gasteiger partial charge in [-0.1, -0.05) is 59.6 Å². The number of nitrogens with one attached hydrogen (secondary N) is 2. The maximum absolute atomic E-state index is 17.8. The molecule has 1 aromatic heterocycles. The van der Waals surface area contributed by atoms with Crippen LogP contribution in [0.5, 0.6) is 11.8 Å². The van der Waals surface area contributed by atoms with E-state index in [0.29, 0.717) is 82.3 Å². The number of piperidine rings is 1. The van der Waals surface area contributed by atoms with Gasteiger partial charge in [-0.3, -0.25) is 15.0 Å². The lowest BCUT2D eigenvalue weighted by Crippen LogP contribution is -2.58. The zero-order valence-corrected chi connectivity index (χ0v) is 37.0. The van der Waals surface area contributed by atoms with Gasteiger partial charge in [0, 0.05) is 43.0 Å². The third kappa shape index (κ3) is 7.48. The molecule has 1 spiro atoms. The van der Waals surface area contributed by atoms with E-state index in [1.807, 2.05) is 4.90 Å². The molecule has 4 fully saturated rings. The summed E-state index contributed by atoms with van der Waals surface area (Å²) >= 11 is 0. The molecule has 0 saturated carbocycles. The van der Waals surface area contributed by atoms with Crippen molar-refractivity contribution >= 4 is 47.5 Å². The van der Waals surface area contributed by atoms with Gasteiger partial charge in [0.15, 0.2) is 12.6 Å². The summed E-state index contributed by atoms with van der Waals surface area (Å²) in [7, 11) is -0.821. The Morgan fingerprint density at radius 3 is 2.41 bits per heavy atom. The van der Waals surface area contributed by atoms with Gasteiger partial charge >= 0.3 is 12.0 Å². The predicted molar refractivity (Wildman–Crippen MR) is 232 cm³/mol. The number of fused-ring (bicyclic) bond motifs is 3. The zero-order chi connectivity index (χ0) is 43.4. The minimum absolute atomic E-state index is 0.0566. The number of benzene rings is 3. The van der Waals surface area contributed by atoms with E-state index < -0.39 is 48.9 Å². The van der Waals surface area contributed by atoms with Crippen LogP contribution in [0.4, 0.5) is 23.8 Å². The Morgan fingerprint density at radius 2 is 1.70 bits per heavy atom. The number of halogens is 3. The first-order chi connectivity index (χ1) is 29.1. The van der Waals surface area contributed by atoms with Crippen LogP contribution in [0.2, 0.25) is 16.6 Å². The molecule has 4 saturated heterocycles. The Labute approximate surface area is 356 Å². The molecule has 3 atom stereocenters. The number of hydrogen-bond donors (Lipinski definition) is 2. The monoisotopic (exact) mass is 856 g/mol. The van der Waals surface area contributed by atoms with E-state index in [4.69, 9.17) is 24.2 Å². The molecule has 0 aliphatic carbocycles. The molecular weight excluding hydrogens is 802 g/mol. The number of aromatic nitrogens is 2. The Bertz CT molecular complexity index is 2440. The molecule has 3 aromatic carbocycles. The molecule has 0 radical (unpaired) electrons. The fourth-order valence-electron chi connectivity index (χ4n) is 10.9. The number of carbonyl (C=O) groups is 2. The van der Waals surface area contributed by atoms with Crippen LogP contribution in [-0.4, -0.2) is 98.8 Å². The average Bonchev–Trinajstić information content (AvgIpc) is 3.84. The molecule has 2 N–H and O–H groups in total. The number of imide groups is 1. The maximum atomic E-state index is 17.8. The lowest BCUT2D eigenvalue weighted by molar-refractivity contribution is -0.124. The molecule has 324 valence electrons. The summed E-state index contributed by atoms with van der Waals surface area (Å²) in [6, 6.07) is 9.14. The van der Waals surface area contributed by atoms with Crippen molar-refractivity contribution < 1.29 is 37.0 Å². The first-order valence-electron chi connectivity index (χ1n) is 21.4. The number of nitrogens with zero attached hydrogens (tertiary/aromatic N) is 4. The molecule has 5 heterocycles. The van der Waals surface area contributed by atoms with Crippen LogP contribution >= 0.6 is 0 Å². The van der Waals surface area contributed by atoms with Crippen LogP contribution in [0.15, 0.2) is 36.4 Å². The zero-order valence-electron chi connectivity index (χ0n) is 36.0. The van der Waals surface area contributed by atoms with E-state index in [1.165, 1.54) is 13.2 Å². The van der Waals surface area contributed by atoms with E-state index in [-0.39, 0.29) is 42.6 Å². The summed E-state index contributed by atoms with van der Waals surface area (Å²) in [5, 5.41) is 6.56. The van der Waals surface area contributed by atoms with Gasteiger partial charge in [0.1, 0.15) is 49.3 Å². The minimum Gasteiger partial charge on any atom is -0.468 e. The fourth-order valence-corrected chi connectivity index (χ4v) is 16.1. The predicted octanol–water partition coefficient (Wildman–Crippen LogP) is 8.41. The van der Waals surface area contributed by atoms with Crippen molar-refractivity contribution in [2.45, 2.75) is 108 Å². The van der Waals surface area contributed by atoms with Crippen LogP contribution in [0.1, 0.15) is 79.2 Å². The second-order valence-electron chi connectivity index (χ2n) is 18.2. The number of carbonyl (C=O) groups excluding carboxylic acids is 2. The number of ether oxygens (including phenoxy) is 3. The van der Waals surface area contributed by atoms with Gasteiger partial charge < -0.3 is 24.4 Å². The van der Waals surface area contributed by atoms with Crippen LogP contribution in [0.25, 0.3) is 32.8 Å². The number of methoxy groups -OCH3 is 1. The van der Waals surface area contributed by atoms with Gasteiger partial charge in [0.2, 0.25) is 0 Å². The fraction of sp³-hybridized carbons (Fsp3) is 0.522. The quantitative estimate of drug-likeness (QED) is 0.0664. The third-order valence-corrected chi connectivity index (χ3v) is 20.0. The van der Waals surface area contributed by atoms with Crippen LogP contribution < -0.4 is 25.0 Å². The van der Waals surface area contributed by atoms with E-state index >= 15 is 8.78 Å². The van der Waals surface area contributed by atoms with Crippen molar-refractivity contribution in [3.8, 4) is 34.4 Å². The van der Waals surface area contributed by atoms with Gasteiger partial charge in [-0.15, -0.1) is 5.54 Å². The van der Waals surface area contributed by atoms with E-state index in [9.17, 15) is 14.0 Å². The number of rotatable bonds is 11. The molecule has 3 amide bonds.